The van der Waals surface area contributed by atoms with Crippen LogP contribution in [0.3, 0.4) is 0 Å². The van der Waals surface area contributed by atoms with Crippen LogP contribution in [-0.2, 0) is 19.8 Å². The van der Waals surface area contributed by atoms with Crippen LogP contribution in [0.4, 0.5) is 13.2 Å². The van der Waals surface area contributed by atoms with Crippen LogP contribution >= 0.6 is 0 Å². The van der Waals surface area contributed by atoms with Crippen molar-refractivity contribution in [3.8, 4) is 5.75 Å². The number of hydrogen-bond donors (Lipinski definition) is 0. The maximum Gasteiger partial charge on any atom is 0.522 e. The molecule has 2 saturated heterocycles. The van der Waals surface area contributed by atoms with Crippen molar-refractivity contribution in [2.75, 3.05) is 26.3 Å². The monoisotopic (exact) mass is 473 g/mol. The van der Waals surface area contributed by atoms with Crippen molar-refractivity contribution in [2.24, 2.45) is 0 Å². The molecule has 2 aliphatic heterocycles. The summed E-state index contributed by atoms with van der Waals surface area (Å²) in [6.45, 7) is 1.04. The number of piperidine rings is 1. The molecule has 176 valence electrons. The number of hydrogen-bond acceptors (Lipinski definition) is 7. The van der Waals surface area contributed by atoms with Crippen LogP contribution in [0, 0.1) is 6.92 Å². The fourth-order valence-electron chi connectivity index (χ4n) is 4.11. The predicted molar refractivity (Wildman–Crippen MR) is 113 cm³/mol. The topological polar surface area (TPSA) is 83.0 Å². The Morgan fingerprint density at radius 2 is 2.06 bits per heavy atom. The van der Waals surface area contributed by atoms with Crippen molar-refractivity contribution in [1.82, 2.24) is 14.9 Å². The number of aromatic nitrogens is 2. The van der Waals surface area contributed by atoms with E-state index in [0.717, 1.165) is 0 Å². The van der Waals surface area contributed by atoms with Gasteiger partial charge in [0, 0.05) is 19.2 Å². The molecular formula is C21H20B2F3N3O5. The number of carbonyl (C=O) groups is 1. The quantitative estimate of drug-likeness (QED) is 0.468. The Morgan fingerprint density at radius 1 is 1.26 bits per heavy atom. The van der Waals surface area contributed by atoms with Crippen LogP contribution in [0.1, 0.15) is 28.3 Å². The summed E-state index contributed by atoms with van der Waals surface area (Å²) in [4.78, 5) is 23.3. The second kappa shape index (κ2) is 9.20. The molecule has 0 aromatic carbocycles. The number of aryl methyl sites for hydroxylation is 1. The normalized spacial score (nSPS) is 24.0. The van der Waals surface area contributed by atoms with Gasteiger partial charge in [-0.3, -0.25) is 14.5 Å². The van der Waals surface area contributed by atoms with Crippen LogP contribution < -0.4 is 4.74 Å². The first-order valence-electron chi connectivity index (χ1n) is 10.5. The molecule has 2 aliphatic rings. The fourth-order valence-corrected chi connectivity index (χ4v) is 4.11. The van der Waals surface area contributed by atoms with E-state index in [-0.39, 0.29) is 30.5 Å². The zero-order valence-corrected chi connectivity index (χ0v) is 18.2. The SMILES string of the molecule is [B]C1([B])OC2CN(C(=O)c3ccc(OCCOC(F)(F)F)c(C)n3)CCC2(c2ccccn2)O1. The van der Waals surface area contributed by atoms with Crippen LogP contribution in [0.2, 0.25) is 0 Å². The van der Waals surface area contributed by atoms with Gasteiger partial charge in [0.25, 0.3) is 5.91 Å². The maximum atomic E-state index is 13.1. The van der Waals surface area contributed by atoms with Crippen LogP contribution in [0.5, 0.6) is 5.75 Å². The van der Waals surface area contributed by atoms with Gasteiger partial charge >= 0.3 is 6.36 Å². The van der Waals surface area contributed by atoms with Crippen molar-refractivity contribution in [1.29, 1.82) is 0 Å². The largest absolute Gasteiger partial charge is 0.522 e. The highest BCUT2D eigenvalue weighted by Crippen LogP contribution is 2.46. The van der Waals surface area contributed by atoms with Gasteiger partial charge in [0.15, 0.2) is 0 Å². The molecule has 2 aromatic rings. The standard InChI is InChI=1S/C21H20B2F3N3O5/c1-13-15(31-10-11-32-21(24,25)26)6-5-14(28-13)18(30)29-9-7-19(16-4-2-3-8-27-16)17(12-29)33-20(22,23)34-19/h2-6,8,17H,7,9-12H2,1H3. The first kappa shape index (κ1) is 24.5. The van der Waals surface area contributed by atoms with Crippen molar-refractivity contribution in [3.63, 3.8) is 0 Å². The van der Waals surface area contributed by atoms with Gasteiger partial charge in [0.1, 0.15) is 45.4 Å². The number of amides is 1. The molecule has 0 N–H and O–H groups in total. The lowest BCUT2D eigenvalue weighted by Crippen LogP contribution is -2.54. The number of halogens is 3. The summed E-state index contributed by atoms with van der Waals surface area (Å²) in [5.74, 6) is -0.112. The third kappa shape index (κ3) is 5.21. The molecule has 2 atom stereocenters. The van der Waals surface area contributed by atoms with E-state index in [9.17, 15) is 18.0 Å². The molecule has 13 heteroatoms. The van der Waals surface area contributed by atoms with E-state index >= 15 is 0 Å². The van der Waals surface area contributed by atoms with Crippen LogP contribution in [-0.4, -0.2) is 80.8 Å². The number of carbonyl (C=O) groups excluding carboxylic acids is 1. The Balaban J connectivity index is 1.44. The average Bonchev–Trinajstić information content (AvgIpc) is 3.07. The summed E-state index contributed by atoms with van der Waals surface area (Å²) in [5.41, 5.74) is -1.73. The second-order valence-corrected chi connectivity index (χ2v) is 7.96. The highest BCUT2D eigenvalue weighted by atomic mass is 19.4. The number of likely N-dealkylation sites (tertiary alicyclic amines) is 1. The van der Waals surface area contributed by atoms with Gasteiger partial charge < -0.3 is 19.1 Å². The van der Waals surface area contributed by atoms with Crippen molar-refractivity contribution < 1.29 is 36.9 Å². The molecule has 2 unspecified atom stereocenters. The molecular weight excluding hydrogens is 453 g/mol. The number of pyridine rings is 2. The Morgan fingerprint density at radius 3 is 2.74 bits per heavy atom. The third-order valence-electron chi connectivity index (χ3n) is 5.58. The Bertz CT molecular complexity index is 1040. The minimum Gasteiger partial charge on any atom is -0.489 e. The Kier molecular flexibility index (Phi) is 6.63. The van der Waals surface area contributed by atoms with E-state index < -0.39 is 30.3 Å². The fraction of sp³-hybridized carbons (Fsp3) is 0.476. The van der Waals surface area contributed by atoms with Crippen LogP contribution in [0.25, 0.3) is 0 Å². The highest BCUT2D eigenvalue weighted by Gasteiger charge is 2.57. The minimum absolute atomic E-state index is 0.138. The number of rotatable bonds is 6. The molecule has 0 saturated carbocycles. The van der Waals surface area contributed by atoms with Gasteiger partial charge in [-0.05, 0) is 31.2 Å². The van der Waals surface area contributed by atoms with E-state index in [1.54, 1.807) is 30.2 Å². The summed E-state index contributed by atoms with van der Waals surface area (Å²) < 4.78 is 56.7. The molecule has 34 heavy (non-hydrogen) atoms. The van der Waals surface area contributed by atoms with Crippen molar-refractivity contribution >= 4 is 21.6 Å². The van der Waals surface area contributed by atoms with Crippen molar-refractivity contribution in [3.05, 3.63) is 53.6 Å². The lowest BCUT2D eigenvalue weighted by molar-refractivity contribution is -0.325. The number of nitrogens with zero attached hydrogens (tertiary/aromatic N) is 3. The van der Waals surface area contributed by atoms with Gasteiger partial charge in [-0.2, -0.15) is 0 Å². The van der Waals surface area contributed by atoms with E-state index in [1.807, 2.05) is 6.07 Å². The average molecular weight is 473 g/mol. The van der Waals surface area contributed by atoms with Gasteiger partial charge in [-0.15, -0.1) is 13.2 Å². The van der Waals surface area contributed by atoms with Gasteiger partial charge in [-0.25, -0.2) is 4.98 Å². The molecule has 4 heterocycles. The minimum atomic E-state index is -4.73. The zero-order chi connectivity index (χ0) is 24.6. The molecule has 1 amide bonds. The van der Waals surface area contributed by atoms with E-state index in [0.29, 0.717) is 24.4 Å². The molecule has 2 aromatic heterocycles. The van der Waals surface area contributed by atoms with Gasteiger partial charge in [0.2, 0.25) is 0 Å². The number of ether oxygens (including phenoxy) is 4. The lowest BCUT2D eigenvalue weighted by Gasteiger charge is -2.41. The summed E-state index contributed by atoms with van der Waals surface area (Å²) in [5, 5.41) is 0. The molecule has 4 rings (SSSR count). The first-order valence-corrected chi connectivity index (χ1v) is 10.5. The molecule has 4 radical (unpaired) electrons. The maximum absolute atomic E-state index is 13.1. The molecule has 8 nitrogen and oxygen atoms in total. The number of fused-ring (bicyclic) bond motifs is 1. The second-order valence-electron chi connectivity index (χ2n) is 7.96. The van der Waals surface area contributed by atoms with E-state index in [1.165, 1.54) is 12.1 Å². The van der Waals surface area contributed by atoms with Crippen LogP contribution in [0.15, 0.2) is 36.5 Å². The molecule has 0 spiro atoms. The molecule has 2 fully saturated rings. The first-order chi connectivity index (χ1) is 16.0. The summed E-state index contributed by atoms with van der Waals surface area (Å²) in [6.07, 6.45) is -3.42. The Hall–Kier alpha value is -2.63. The molecule has 0 bridgehead atoms. The van der Waals surface area contributed by atoms with E-state index in [2.05, 4.69) is 14.7 Å². The third-order valence-corrected chi connectivity index (χ3v) is 5.58. The van der Waals surface area contributed by atoms with Crippen molar-refractivity contribution in [2.45, 2.75) is 37.0 Å². The van der Waals surface area contributed by atoms with Gasteiger partial charge in [0.05, 0.1) is 30.1 Å². The Labute approximate surface area is 196 Å². The smallest absolute Gasteiger partial charge is 0.489 e. The number of alkyl halides is 3. The summed E-state index contributed by atoms with van der Waals surface area (Å²) in [7, 11) is 11.8. The summed E-state index contributed by atoms with van der Waals surface area (Å²) in [6, 6.07) is 8.29. The van der Waals surface area contributed by atoms with E-state index in [4.69, 9.17) is 29.9 Å². The van der Waals surface area contributed by atoms with Gasteiger partial charge in [-0.1, -0.05) is 6.07 Å². The predicted octanol–water partition coefficient (Wildman–Crippen LogP) is 1.81. The molecule has 0 aliphatic carbocycles. The zero-order valence-electron chi connectivity index (χ0n) is 18.2. The highest BCUT2D eigenvalue weighted by molar-refractivity contribution is 6.38. The summed E-state index contributed by atoms with van der Waals surface area (Å²) >= 11 is 0. The lowest BCUT2D eigenvalue weighted by atomic mass is 9.76.